The van der Waals surface area contributed by atoms with Gasteiger partial charge in [-0.1, -0.05) is 17.2 Å². The highest BCUT2D eigenvalue weighted by Gasteiger charge is 2.03. The zero-order chi connectivity index (χ0) is 12.1. The van der Waals surface area contributed by atoms with E-state index in [1.54, 1.807) is 11.3 Å². The van der Waals surface area contributed by atoms with Crippen molar-refractivity contribution in [2.45, 2.75) is 13.3 Å². The molecule has 4 nitrogen and oxygen atoms in total. The van der Waals surface area contributed by atoms with Crippen LogP contribution in [0, 0.1) is 6.92 Å². The molecule has 17 heavy (non-hydrogen) atoms. The van der Waals surface area contributed by atoms with E-state index >= 15 is 0 Å². The number of benzene rings is 1. The van der Waals surface area contributed by atoms with Crippen LogP contribution >= 0.6 is 11.3 Å². The number of rotatable bonds is 4. The maximum atomic E-state index is 8.23. The standard InChI is InChI=1S/C12H12N4S/c1-9-8-11(12-14-6-7-17-12)3-2-10(9)4-5-15-16-13/h2-3,6-8H,4-5H2,1H3. The highest BCUT2D eigenvalue weighted by Crippen LogP contribution is 2.24. The minimum Gasteiger partial charge on any atom is -0.245 e. The molecular formula is C12H12N4S. The van der Waals surface area contributed by atoms with Crippen LogP contribution < -0.4 is 0 Å². The van der Waals surface area contributed by atoms with Crippen LogP contribution in [0.1, 0.15) is 11.1 Å². The molecule has 0 aliphatic heterocycles. The van der Waals surface area contributed by atoms with Gasteiger partial charge in [0.25, 0.3) is 0 Å². The van der Waals surface area contributed by atoms with Gasteiger partial charge in [0.15, 0.2) is 0 Å². The van der Waals surface area contributed by atoms with E-state index in [9.17, 15) is 0 Å². The predicted octanol–water partition coefficient (Wildman–Crippen LogP) is 3.97. The normalized spacial score (nSPS) is 9.94. The molecular weight excluding hydrogens is 232 g/mol. The Kier molecular flexibility index (Phi) is 3.75. The summed E-state index contributed by atoms with van der Waals surface area (Å²) in [6.45, 7) is 2.58. The average molecular weight is 244 g/mol. The van der Waals surface area contributed by atoms with Gasteiger partial charge >= 0.3 is 0 Å². The van der Waals surface area contributed by atoms with Gasteiger partial charge < -0.3 is 0 Å². The van der Waals surface area contributed by atoms with Gasteiger partial charge in [-0.25, -0.2) is 4.98 Å². The van der Waals surface area contributed by atoms with E-state index in [1.807, 2.05) is 11.6 Å². The van der Waals surface area contributed by atoms with Crippen LogP contribution in [0.4, 0.5) is 0 Å². The van der Waals surface area contributed by atoms with Crippen molar-refractivity contribution in [3.05, 3.63) is 51.3 Å². The second-order valence-electron chi connectivity index (χ2n) is 3.68. The number of nitrogens with zero attached hydrogens (tertiary/aromatic N) is 4. The highest BCUT2D eigenvalue weighted by atomic mass is 32.1. The van der Waals surface area contributed by atoms with Crippen molar-refractivity contribution in [3.63, 3.8) is 0 Å². The molecule has 86 valence electrons. The number of aromatic nitrogens is 1. The fourth-order valence-corrected chi connectivity index (χ4v) is 2.33. The van der Waals surface area contributed by atoms with E-state index < -0.39 is 0 Å². The van der Waals surface area contributed by atoms with Crippen molar-refractivity contribution in [2.24, 2.45) is 5.11 Å². The zero-order valence-corrected chi connectivity index (χ0v) is 10.3. The summed E-state index contributed by atoms with van der Waals surface area (Å²) in [5.74, 6) is 0. The minimum absolute atomic E-state index is 0.508. The maximum absolute atomic E-state index is 8.23. The van der Waals surface area contributed by atoms with Gasteiger partial charge in [-0.15, -0.1) is 11.3 Å². The highest BCUT2D eigenvalue weighted by molar-refractivity contribution is 7.13. The van der Waals surface area contributed by atoms with Crippen LogP contribution in [0.5, 0.6) is 0 Å². The first-order valence-electron chi connectivity index (χ1n) is 5.31. The quantitative estimate of drug-likeness (QED) is 0.456. The Labute approximate surface area is 104 Å². The van der Waals surface area contributed by atoms with Gasteiger partial charge in [0, 0.05) is 28.6 Å². The van der Waals surface area contributed by atoms with Crippen LogP contribution in [-0.2, 0) is 6.42 Å². The third kappa shape index (κ3) is 2.84. The first kappa shape index (κ1) is 11.6. The van der Waals surface area contributed by atoms with E-state index in [2.05, 4.69) is 40.1 Å². The van der Waals surface area contributed by atoms with Gasteiger partial charge in [-0.3, -0.25) is 0 Å². The molecule has 0 spiro atoms. The molecule has 0 fully saturated rings. The molecule has 0 amide bonds. The third-order valence-electron chi connectivity index (χ3n) is 2.57. The molecule has 0 N–H and O–H groups in total. The molecule has 1 aromatic carbocycles. The average Bonchev–Trinajstić information content (AvgIpc) is 2.85. The number of hydrogen-bond acceptors (Lipinski definition) is 3. The Balaban J connectivity index is 2.20. The molecule has 0 saturated heterocycles. The second kappa shape index (κ2) is 5.48. The summed E-state index contributed by atoms with van der Waals surface area (Å²) in [6, 6.07) is 6.28. The third-order valence-corrected chi connectivity index (χ3v) is 3.39. The van der Waals surface area contributed by atoms with Crippen LogP contribution in [0.25, 0.3) is 21.0 Å². The molecule has 0 aliphatic carbocycles. The van der Waals surface area contributed by atoms with Crippen molar-refractivity contribution in [1.29, 1.82) is 0 Å². The van der Waals surface area contributed by atoms with Crippen LogP contribution in [0.3, 0.4) is 0 Å². The van der Waals surface area contributed by atoms with Crippen molar-refractivity contribution >= 4 is 11.3 Å². The molecule has 0 unspecified atom stereocenters. The minimum atomic E-state index is 0.508. The van der Waals surface area contributed by atoms with E-state index in [1.165, 1.54) is 11.1 Å². The molecule has 0 atom stereocenters. The lowest BCUT2D eigenvalue weighted by Crippen LogP contribution is -1.93. The van der Waals surface area contributed by atoms with E-state index in [-0.39, 0.29) is 0 Å². The predicted molar refractivity (Wildman–Crippen MR) is 70.0 cm³/mol. The van der Waals surface area contributed by atoms with E-state index in [0.29, 0.717) is 6.54 Å². The molecule has 0 bridgehead atoms. The first-order valence-corrected chi connectivity index (χ1v) is 6.19. The molecule has 5 heteroatoms. The first-order chi connectivity index (χ1) is 8.31. The van der Waals surface area contributed by atoms with E-state index in [4.69, 9.17) is 5.53 Å². The van der Waals surface area contributed by atoms with Crippen molar-refractivity contribution in [2.75, 3.05) is 6.54 Å². The number of hydrogen-bond donors (Lipinski definition) is 0. The lowest BCUT2D eigenvalue weighted by atomic mass is 10.0. The van der Waals surface area contributed by atoms with Crippen molar-refractivity contribution in [3.8, 4) is 10.6 Å². The Hall–Kier alpha value is -1.84. The Morgan fingerprint density at radius 3 is 3.00 bits per heavy atom. The van der Waals surface area contributed by atoms with E-state index in [0.717, 1.165) is 17.0 Å². The summed E-state index contributed by atoms with van der Waals surface area (Å²) in [5, 5.41) is 6.56. The largest absolute Gasteiger partial charge is 0.245 e. The number of aryl methyl sites for hydroxylation is 1. The summed E-state index contributed by atoms with van der Waals surface area (Å²) in [4.78, 5) is 7.04. The van der Waals surface area contributed by atoms with Gasteiger partial charge in [0.2, 0.25) is 0 Å². The monoisotopic (exact) mass is 244 g/mol. The summed E-state index contributed by atoms with van der Waals surface area (Å²) in [6.07, 6.45) is 2.60. The molecule has 0 aliphatic rings. The van der Waals surface area contributed by atoms with Crippen molar-refractivity contribution < 1.29 is 0 Å². The Morgan fingerprint density at radius 2 is 2.35 bits per heavy atom. The van der Waals surface area contributed by atoms with Gasteiger partial charge in [0.1, 0.15) is 5.01 Å². The van der Waals surface area contributed by atoms with Gasteiger partial charge in [-0.05, 0) is 36.1 Å². The topological polar surface area (TPSA) is 61.7 Å². The summed E-state index contributed by atoms with van der Waals surface area (Å²) in [7, 11) is 0. The molecule has 2 rings (SSSR count). The molecule has 1 heterocycles. The lowest BCUT2D eigenvalue weighted by molar-refractivity contribution is 0.947. The fraction of sp³-hybridized carbons (Fsp3) is 0.250. The summed E-state index contributed by atoms with van der Waals surface area (Å²) >= 11 is 1.63. The number of azide groups is 1. The lowest BCUT2D eigenvalue weighted by Gasteiger charge is -2.05. The molecule has 0 radical (unpaired) electrons. The maximum Gasteiger partial charge on any atom is 0.123 e. The zero-order valence-electron chi connectivity index (χ0n) is 9.50. The SMILES string of the molecule is Cc1cc(-c2nccs2)ccc1CCN=[N+]=[N-]. The molecule has 1 aromatic heterocycles. The summed E-state index contributed by atoms with van der Waals surface area (Å²) in [5.41, 5.74) is 11.8. The van der Waals surface area contributed by atoms with Gasteiger partial charge in [-0.2, -0.15) is 0 Å². The van der Waals surface area contributed by atoms with Gasteiger partial charge in [0.05, 0.1) is 0 Å². The smallest absolute Gasteiger partial charge is 0.123 e. The van der Waals surface area contributed by atoms with Crippen molar-refractivity contribution in [1.82, 2.24) is 4.98 Å². The molecule has 2 aromatic rings. The van der Waals surface area contributed by atoms with Crippen LogP contribution in [0.15, 0.2) is 34.9 Å². The van der Waals surface area contributed by atoms with Crippen LogP contribution in [0.2, 0.25) is 0 Å². The Bertz CT molecular complexity index is 542. The second-order valence-corrected chi connectivity index (χ2v) is 4.58. The summed E-state index contributed by atoms with van der Waals surface area (Å²) < 4.78 is 0. The van der Waals surface area contributed by atoms with Crippen LogP contribution in [-0.4, -0.2) is 11.5 Å². The fourth-order valence-electron chi connectivity index (χ4n) is 1.69. The molecule has 0 saturated carbocycles. The Morgan fingerprint density at radius 1 is 1.47 bits per heavy atom. The number of thiazole rings is 1.